The quantitative estimate of drug-likeness (QED) is 0.536. The highest BCUT2D eigenvalue weighted by Crippen LogP contribution is 2.31. The first-order valence-electron chi connectivity index (χ1n) is 7.89. The van der Waals surface area contributed by atoms with Crippen LogP contribution in [-0.4, -0.2) is 39.2 Å². The summed E-state index contributed by atoms with van der Waals surface area (Å²) in [5, 5.41) is 14.0. The number of benzene rings is 2. The molecule has 2 rings (SSSR count). The van der Waals surface area contributed by atoms with Gasteiger partial charge >= 0.3 is 0 Å². The molecule has 0 saturated heterocycles. The van der Waals surface area contributed by atoms with E-state index in [1.54, 1.807) is 12.1 Å². The maximum absolute atomic E-state index is 12.5. The number of halogens is 1. The van der Waals surface area contributed by atoms with Crippen LogP contribution in [0.25, 0.3) is 0 Å². The molecule has 0 aliphatic carbocycles. The fraction of sp³-hybridized carbons (Fsp3) is 0.235. The van der Waals surface area contributed by atoms with E-state index in [0.29, 0.717) is 10.8 Å². The standard InChI is InChI=1S/C17H18ClN3O6S/c1-11-14(5-4-6-15(11)21(23)24)20(28(3,25)26)10-17(22)19-13-9-12(18)7-8-16(13)27-2/h4-9H,10H2,1-3H3,(H,19,22). The van der Waals surface area contributed by atoms with Crippen LogP contribution in [0.1, 0.15) is 5.56 Å². The fourth-order valence-corrected chi connectivity index (χ4v) is 3.64. The number of nitro benzene ring substituents is 1. The smallest absolute Gasteiger partial charge is 0.274 e. The average Bonchev–Trinajstić information content (AvgIpc) is 2.59. The van der Waals surface area contributed by atoms with E-state index in [-0.39, 0.29) is 22.6 Å². The summed E-state index contributed by atoms with van der Waals surface area (Å²) in [5.74, 6) is -0.327. The van der Waals surface area contributed by atoms with Crippen molar-refractivity contribution in [1.82, 2.24) is 0 Å². The SMILES string of the molecule is COc1ccc(Cl)cc1NC(=O)CN(c1cccc([N+](=O)[O-])c1C)S(C)(=O)=O. The van der Waals surface area contributed by atoms with E-state index in [1.165, 1.54) is 38.3 Å². The summed E-state index contributed by atoms with van der Waals surface area (Å²) < 4.78 is 30.5. The number of methoxy groups -OCH3 is 1. The number of ether oxygens (including phenoxy) is 1. The number of carbonyl (C=O) groups excluding carboxylic acids is 1. The van der Waals surface area contributed by atoms with Crippen molar-refractivity contribution in [2.45, 2.75) is 6.92 Å². The molecule has 28 heavy (non-hydrogen) atoms. The number of sulfonamides is 1. The number of anilines is 2. The number of amides is 1. The molecular formula is C17H18ClN3O6S. The molecule has 11 heteroatoms. The van der Waals surface area contributed by atoms with Crippen molar-refractivity contribution < 1.29 is 22.9 Å². The van der Waals surface area contributed by atoms with Gasteiger partial charge in [-0.15, -0.1) is 0 Å². The molecule has 0 bridgehead atoms. The van der Waals surface area contributed by atoms with E-state index in [0.717, 1.165) is 10.6 Å². The van der Waals surface area contributed by atoms with Crippen molar-refractivity contribution in [3.05, 3.63) is 57.1 Å². The third-order valence-corrected chi connectivity index (χ3v) is 5.23. The summed E-state index contributed by atoms with van der Waals surface area (Å²) >= 11 is 5.92. The van der Waals surface area contributed by atoms with Gasteiger partial charge in [-0.05, 0) is 31.2 Å². The van der Waals surface area contributed by atoms with E-state index in [2.05, 4.69) is 5.32 Å². The Bertz CT molecular complexity index is 1030. The Labute approximate surface area is 167 Å². The van der Waals surface area contributed by atoms with E-state index in [1.807, 2.05) is 0 Å². The molecule has 150 valence electrons. The van der Waals surface area contributed by atoms with E-state index < -0.39 is 27.4 Å². The highest BCUT2D eigenvalue weighted by atomic mass is 35.5. The molecule has 0 aliphatic heterocycles. The van der Waals surface area contributed by atoms with Crippen molar-refractivity contribution in [2.24, 2.45) is 0 Å². The van der Waals surface area contributed by atoms with Crippen LogP contribution < -0.4 is 14.4 Å². The molecule has 0 aromatic heterocycles. The van der Waals surface area contributed by atoms with Crippen LogP contribution >= 0.6 is 11.6 Å². The maximum Gasteiger partial charge on any atom is 0.274 e. The Morgan fingerprint density at radius 3 is 2.57 bits per heavy atom. The van der Waals surface area contributed by atoms with Gasteiger partial charge in [0.1, 0.15) is 12.3 Å². The van der Waals surface area contributed by atoms with Gasteiger partial charge in [-0.2, -0.15) is 0 Å². The van der Waals surface area contributed by atoms with Crippen LogP contribution in [0.2, 0.25) is 5.02 Å². The molecule has 0 unspecified atom stereocenters. The van der Waals surface area contributed by atoms with Crippen LogP contribution in [0.4, 0.5) is 17.1 Å². The van der Waals surface area contributed by atoms with Gasteiger partial charge in [0.15, 0.2) is 0 Å². The van der Waals surface area contributed by atoms with Gasteiger partial charge in [0.05, 0.1) is 35.2 Å². The number of hydrogen-bond acceptors (Lipinski definition) is 6. The van der Waals surface area contributed by atoms with Gasteiger partial charge in [0.25, 0.3) is 5.69 Å². The largest absolute Gasteiger partial charge is 0.495 e. The summed E-state index contributed by atoms with van der Waals surface area (Å²) in [7, 11) is -2.49. The van der Waals surface area contributed by atoms with Crippen LogP contribution in [0.3, 0.4) is 0 Å². The zero-order valence-electron chi connectivity index (χ0n) is 15.3. The van der Waals surface area contributed by atoms with Gasteiger partial charge in [-0.1, -0.05) is 17.7 Å². The Morgan fingerprint density at radius 2 is 2.00 bits per heavy atom. The van der Waals surface area contributed by atoms with Crippen LogP contribution in [-0.2, 0) is 14.8 Å². The molecule has 0 aliphatic rings. The minimum atomic E-state index is -3.90. The lowest BCUT2D eigenvalue weighted by Gasteiger charge is -2.23. The summed E-state index contributed by atoms with van der Waals surface area (Å²) in [6.45, 7) is 0.833. The number of carbonyl (C=O) groups is 1. The number of nitrogens with one attached hydrogen (secondary N) is 1. The first-order chi connectivity index (χ1) is 13.0. The predicted molar refractivity (Wildman–Crippen MR) is 107 cm³/mol. The molecule has 0 heterocycles. The number of rotatable bonds is 7. The van der Waals surface area contributed by atoms with Gasteiger partial charge in [0, 0.05) is 11.1 Å². The molecule has 0 saturated carbocycles. The van der Waals surface area contributed by atoms with Crippen molar-refractivity contribution in [3.63, 3.8) is 0 Å². The summed E-state index contributed by atoms with van der Waals surface area (Å²) in [5.41, 5.74) is 0.197. The Balaban J connectivity index is 2.37. The molecule has 2 aromatic rings. The molecule has 0 atom stereocenters. The predicted octanol–water partition coefficient (Wildman–Crippen LogP) is 2.97. The molecule has 1 amide bonds. The number of hydrogen-bond donors (Lipinski definition) is 1. The van der Waals surface area contributed by atoms with Crippen molar-refractivity contribution in [3.8, 4) is 5.75 Å². The van der Waals surface area contributed by atoms with Crippen molar-refractivity contribution in [2.75, 3.05) is 29.5 Å². The van der Waals surface area contributed by atoms with Crippen LogP contribution in [0.15, 0.2) is 36.4 Å². The molecule has 0 radical (unpaired) electrons. The lowest BCUT2D eigenvalue weighted by Crippen LogP contribution is -2.38. The van der Waals surface area contributed by atoms with Gasteiger partial charge in [-0.3, -0.25) is 19.2 Å². The molecule has 1 N–H and O–H groups in total. The minimum absolute atomic E-state index is 0.0462. The highest BCUT2D eigenvalue weighted by molar-refractivity contribution is 7.92. The maximum atomic E-state index is 12.5. The summed E-state index contributed by atoms with van der Waals surface area (Å²) in [6, 6.07) is 8.60. The monoisotopic (exact) mass is 427 g/mol. The highest BCUT2D eigenvalue weighted by Gasteiger charge is 2.26. The van der Waals surface area contributed by atoms with Crippen LogP contribution in [0, 0.1) is 17.0 Å². The second kappa shape index (κ2) is 8.44. The van der Waals surface area contributed by atoms with Crippen molar-refractivity contribution >= 4 is 44.6 Å². The summed E-state index contributed by atoms with van der Waals surface area (Å²) in [6.07, 6.45) is 0.915. The number of nitro groups is 1. The van der Waals surface area contributed by atoms with E-state index in [9.17, 15) is 23.3 Å². The second-order valence-corrected chi connectivity index (χ2v) is 8.18. The third kappa shape index (κ3) is 4.90. The summed E-state index contributed by atoms with van der Waals surface area (Å²) in [4.78, 5) is 23.0. The van der Waals surface area contributed by atoms with E-state index >= 15 is 0 Å². The fourth-order valence-electron chi connectivity index (χ4n) is 2.56. The normalized spacial score (nSPS) is 11.0. The Hall–Kier alpha value is -2.85. The van der Waals surface area contributed by atoms with Gasteiger partial charge in [-0.25, -0.2) is 8.42 Å². The molecule has 9 nitrogen and oxygen atoms in total. The zero-order chi connectivity index (χ0) is 21.1. The topological polar surface area (TPSA) is 119 Å². The number of nitrogens with zero attached hydrogens (tertiary/aromatic N) is 2. The molecular weight excluding hydrogens is 410 g/mol. The molecule has 2 aromatic carbocycles. The molecule has 0 fully saturated rings. The Morgan fingerprint density at radius 1 is 1.32 bits per heavy atom. The zero-order valence-corrected chi connectivity index (χ0v) is 16.9. The lowest BCUT2D eigenvalue weighted by atomic mass is 10.1. The average molecular weight is 428 g/mol. The van der Waals surface area contributed by atoms with Gasteiger partial charge in [0.2, 0.25) is 15.9 Å². The lowest BCUT2D eigenvalue weighted by molar-refractivity contribution is -0.385. The van der Waals surface area contributed by atoms with Gasteiger partial charge < -0.3 is 10.1 Å². The minimum Gasteiger partial charge on any atom is -0.495 e. The Kier molecular flexibility index (Phi) is 6.47. The second-order valence-electron chi connectivity index (χ2n) is 5.84. The van der Waals surface area contributed by atoms with Crippen LogP contribution in [0.5, 0.6) is 5.75 Å². The molecule has 0 spiro atoms. The van der Waals surface area contributed by atoms with Crippen molar-refractivity contribution in [1.29, 1.82) is 0 Å². The van der Waals surface area contributed by atoms with E-state index in [4.69, 9.17) is 16.3 Å². The third-order valence-electron chi connectivity index (χ3n) is 3.87. The first kappa shape index (κ1) is 21.5. The first-order valence-corrected chi connectivity index (χ1v) is 10.1.